The first-order chi connectivity index (χ1) is 14.7. The molecule has 30 heavy (non-hydrogen) atoms. The van der Waals surface area contributed by atoms with Crippen molar-refractivity contribution in [3.05, 3.63) is 88.9 Å². The van der Waals surface area contributed by atoms with Crippen molar-refractivity contribution in [2.24, 2.45) is 0 Å². The van der Waals surface area contributed by atoms with Gasteiger partial charge >= 0.3 is 5.97 Å². The van der Waals surface area contributed by atoms with E-state index in [1.807, 2.05) is 30.3 Å². The summed E-state index contributed by atoms with van der Waals surface area (Å²) in [5.74, 6) is 0.438. The molecule has 2 atom stereocenters. The summed E-state index contributed by atoms with van der Waals surface area (Å²) in [4.78, 5) is 29.4. The number of ketones is 1. The number of nitrogens with zero attached hydrogens (tertiary/aromatic N) is 3. The Morgan fingerprint density at radius 2 is 1.83 bits per heavy atom. The molecule has 2 aliphatic rings. The van der Waals surface area contributed by atoms with Crippen molar-refractivity contribution >= 4 is 17.7 Å². The number of hydrogen-bond donors (Lipinski definition) is 1. The summed E-state index contributed by atoms with van der Waals surface area (Å²) in [7, 11) is 1.35. The van der Waals surface area contributed by atoms with Crippen LogP contribution in [0, 0.1) is 0 Å². The average Bonchev–Trinajstić information content (AvgIpc) is 3.26. The summed E-state index contributed by atoms with van der Waals surface area (Å²) in [6.45, 7) is 0. The van der Waals surface area contributed by atoms with E-state index in [1.165, 1.54) is 13.4 Å². The van der Waals surface area contributed by atoms with Crippen LogP contribution in [0.15, 0.2) is 72.2 Å². The fraction of sp³-hybridized carbons (Fsp3) is 0.217. The Labute approximate surface area is 173 Å². The molecule has 0 saturated carbocycles. The number of hydrogen-bond acceptors (Lipinski definition) is 6. The third kappa shape index (κ3) is 2.99. The number of aromatic nitrogens is 3. The molecule has 0 saturated heterocycles. The molecule has 0 bridgehead atoms. The van der Waals surface area contributed by atoms with Crippen LogP contribution in [0.2, 0.25) is 0 Å². The summed E-state index contributed by atoms with van der Waals surface area (Å²) in [6, 6.07) is 16.8. The second-order valence-electron chi connectivity index (χ2n) is 7.50. The monoisotopic (exact) mass is 400 g/mol. The van der Waals surface area contributed by atoms with Crippen LogP contribution in [-0.4, -0.2) is 33.6 Å². The maximum absolute atomic E-state index is 13.3. The molecule has 1 aliphatic heterocycles. The zero-order chi connectivity index (χ0) is 20.7. The lowest BCUT2D eigenvalue weighted by Crippen LogP contribution is -2.33. The van der Waals surface area contributed by atoms with Gasteiger partial charge in [-0.15, -0.1) is 0 Å². The van der Waals surface area contributed by atoms with Gasteiger partial charge in [-0.25, -0.2) is 9.48 Å². The van der Waals surface area contributed by atoms with Crippen molar-refractivity contribution in [2.45, 2.75) is 24.8 Å². The Bertz CT molecular complexity index is 1150. The van der Waals surface area contributed by atoms with E-state index in [9.17, 15) is 9.59 Å². The molecular weight excluding hydrogens is 380 g/mol. The molecule has 3 aromatic rings. The highest BCUT2D eigenvalue weighted by molar-refractivity contribution is 6.00. The van der Waals surface area contributed by atoms with Crippen LogP contribution in [-0.2, 0) is 9.53 Å². The van der Waals surface area contributed by atoms with Crippen LogP contribution >= 0.6 is 0 Å². The Morgan fingerprint density at radius 1 is 1.07 bits per heavy atom. The van der Waals surface area contributed by atoms with Gasteiger partial charge in [0.05, 0.1) is 12.7 Å². The SMILES string of the molecule is COC(=O)c1ccc([C@H]2C3=C(C[C@@H](c4ccccc4)CC3=O)Nc3ncnn32)cc1. The molecular formula is C23H20N4O3. The maximum atomic E-state index is 13.3. The van der Waals surface area contributed by atoms with Crippen LogP contribution < -0.4 is 5.32 Å². The Kier molecular flexibility index (Phi) is 4.43. The number of rotatable bonds is 3. The number of Topliss-reactive ketones (excluding diaryl/α,β-unsaturated/α-hetero) is 1. The van der Waals surface area contributed by atoms with Crippen LogP contribution in [0.4, 0.5) is 5.95 Å². The molecule has 0 unspecified atom stereocenters. The van der Waals surface area contributed by atoms with Crippen LogP contribution in [0.1, 0.15) is 46.3 Å². The fourth-order valence-corrected chi connectivity index (χ4v) is 4.34. The lowest BCUT2D eigenvalue weighted by atomic mass is 9.78. The van der Waals surface area contributed by atoms with Crippen LogP contribution in [0.25, 0.3) is 0 Å². The number of fused-ring (bicyclic) bond motifs is 1. The van der Waals surface area contributed by atoms with E-state index in [0.717, 1.165) is 23.2 Å². The minimum atomic E-state index is -0.396. The smallest absolute Gasteiger partial charge is 0.337 e. The van der Waals surface area contributed by atoms with Crippen molar-refractivity contribution in [3.63, 3.8) is 0 Å². The van der Waals surface area contributed by atoms with E-state index >= 15 is 0 Å². The highest BCUT2D eigenvalue weighted by Gasteiger charge is 2.39. The number of anilines is 1. The number of ether oxygens (including phenoxy) is 1. The Morgan fingerprint density at radius 3 is 2.57 bits per heavy atom. The molecule has 1 N–H and O–H groups in total. The standard InChI is InChI=1S/C23H20N4O3/c1-30-22(29)16-9-7-15(8-10-16)21-20-18(26-23-24-13-25-27(21)23)11-17(12-19(20)28)14-5-3-2-4-6-14/h2-10,13,17,21H,11-12H2,1H3,(H,24,25,26)/t17-,21+/m1/s1. The molecule has 2 aromatic carbocycles. The number of nitrogens with one attached hydrogen (secondary N) is 1. The molecule has 7 heteroatoms. The van der Waals surface area contributed by atoms with Gasteiger partial charge in [-0.1, -0.05) is 42.5 Å². The molecule has 0 amide bonds. The number of esters is 1. The number of carbonyl (C=O) groups excluding carboxylic acids is 2. The van der Waals surface area contributed by atoms with Gasteiger partial charge in [0.1, 0.15) is 12.4 Å². The van der Waals surface area contributed by atoms with Gasteiger partial charge in [0.2, 0.25) is 5.95 Å². The molecule has 7 nitrogen and oxygen atoms in total. The van der Waals surface area contributed by atoms with Gasteiger partial charge in [0, 0.05) is 17.7 Å². The molecule has 1 aromatic heterocycles. The quantitative estimate of drug-likeness (QED) is 0.678. The summed E-state index contributed by atoms with van der Waals surface area (Å²) in [5, 5.41) is 7.68. The first-order valence-electron chi connectivity index (χ1n) is 9.81. The van der Waals surface area contributed by atoms with Gasteiger partial charge in [-0.3, -0.25) is 4.79 Å². The predicted octanol–water partition coefficient (Wildman–Crippen LogP) is 3.48. The highest BCUT2D eigenvalue weighted by Crippen LogP contribution is 2.43. The third-order valence-electron chi connectivity index (χ3n) is 5.78. The predicted molar refractivity (Wildman–Crippen MR) is 110 cm³/mol. The summed E-state index contributed by atoms with van der Waals surface area (Å²) < 4.78 is 6.51. The van der Waals surface area contributed by atoms with Crippen LogP contribution in [0.3, 0.4) is 0 Å². The van der Waals surface area contributed by atoms with Gasteiger partial charge in [0.25, 0.3) is 0 Å². The van der Waals surface area contributed by atoms with Crippen molar-refractivity contribution in [1.82, 2.24) is 14.8 Å². The molecule has 2 heterocycles. The van der Waals surface area contributed by atoms with E-state index in [0.29, 0.717) is 23.5 Å². The Balaban J connectivity index is 1.56. The van der Waals surface area contributed by atoms with Gasteiger partial charge < -0.3 is 10.1 Å². The summed E-state index contributed by atoms with van der Waals surface area (Å²) >= 11 is 0. The van der Waals surface area contributed by atoms with Gasteiger partial charge in [-0.05, 0) is 35.6 Å². The first kappa shape index (κ1) is 18.3. The maximum Gasteiger partial charge on any atom is 0.337 e. The highest BCUT2D eigenvalue weighted by atomic mass is 16.5. The zero-order valence-corrected chi connectivity index (χ0v) is 16.4. The normalized spacial score (nSPS) is 20.2. The largest absolute Gasteiger partial charge is 0.465 e. The molecule has 0 spiro atoms. The number of allylic oxidation sites excluding steroid dienone is 2. The Hall–Kier alpha value is -3.74. The minimum Gasteiger partial charge on any atom is -0.465 e. The van der Waals surface area contributed by atoms with Crippen molar-refractivity contribution in [2.75, 3.05) is 12.4 Å². The lowest BCUT2D eigenvalue weighted by molar-refractivity contribution is -0.116. The molecule has 5 rings (SSSR count). The average molecular weight is 400 g/mol. The van der Waals surface area contributed by atoms with E-state index in [-0.39, 0.29) is 17.7 Å². The van der Waals surface area contributed by atoms with E-state index in [2.05, 4.69) is 27.5 Å². The second-order valence-corrected chi connectivity index (χ2v) is 7.50. The van der Waals surface area contributed by atoms with E-state index in [4.69, 9.17) is 4.74 Å². The zero-order valence-electron chi connectivity index (χ0n) is 16.4. The number of benzene rings is 2. The minimum absolute atomic E-state index is 0.0980. The number of methoxy groups -OCH3 is 1. The van der Waals surface area contributed by atoms with Crippen molar-refractivity contribution in [3.8, 4) is 0 Å². The topological polar surface area (TPSA) is 86.1 Å². The third-order valence-corrected chi connectivity index (χ3v) is 5.78. The van der Waals surface area contributed by atoms with Crippen molar-refractivity contribution < 1.29 is 14.3 Å². The van der Waals surface area contributed by atoms with E-state index < -0.39 is 5.97 Å². The first-order valence-corrected chi connectivity index (χ1v) is 9.81. The van der Waals surface area contributed by atoms with Crippen molar-refractivity contribution in [1.29, 1.82) is 0 Å². The number of carbonyl (C=O) groups is 2. The van der Waals surface area contributed by atoms with Gasteiger partial charge in [-0.2, -0.15) is 10.1 Å². The summed E-state index contributed by atoms with van der Waals surface area (Å²) in [5.41, 5.74) is 4.09. The van der Waals surface area contributed by atoms with Gasteiger partial charge in [0.15, 0.2) is 5.78 Å². The van der Waals surface area contributed by atoms with E-state index in [1.54, 1.807) is 16.8 Å². The fourth-order valence-electron chi connectivity index (χ4n) is 4.34. The molecule has 0 fully saturated rings. The lowest BCUT2D eigenvalue weighted by Gasteiger charge is -2.35. The second kappa shape index (κ2) is 7.26. The molecule has 150 valence electrons. The molecule has 1 aliphatic carbocycles. The van der Waals surface area contributed by atoms with Crippen LogP contribution in [0.5, 0.6) is 0 Å². The molecule has 0 radical (unpaired) electrons. The summed E-state index contributed by atoms with van der Waals surface area (Å²) in [6.07, 6.45) is 2.66.